The van der Waals surface area contributed by atoms with E-state index >= 15 is 0 Å². The smallest absolute Gasteiger partial charge is 0.224 e. The number of hydrogen-bond donors (Lipinski definition) is 4. The van der Waals surface area contributed by atoms with Crippen molar-refractivity contribution in [2.75, 3.05) is 23.0 Å². The number of nitrogens with one attached hydrogen (secondary N) is 4. The normalized spacial score (nSPS) is 18.6. The Labute approximate surface area is 169 Å². The minimum absolute atomic E-state index is 0.0345. The van der Waals surface area contributed by atoms with Gasteiger partial charge in [-0.3, -0.25) is 9.78 Å². The molecular weight excluding hydrogens is 374 g/mol. The molecule has 4 N–H and O–H groups in total. The summed E-state index contributed by atoms with van der Waals surface area (Å²) < 4.78 is 0. The van der Waals surface area contributed by atoms with Gasteiger partial charge >= 0.3 is 0 Å². The molecule has 0 spiro atoms. The van der Waals surface area contributed by atoms with E-state index in [1.165, 1.54) is 6.21 Å². The predicted molar refractivity (Wildman–Crippen MR) is 116 cm³/mol. The molecule has 0 saturated heterocycles. The predicted octanol–water partition coefficient (Wildman–Crippen LogP) is 4.93. The average molecular weight is 396 g/mol. The maximum atomic E-state index is 12.3. The van der Waals surface area contributed by atoms with Gasteiger partial charge in [-0.2, -0.15) is 0 Å². The fourth-order valence-electron chi connectivity index (χ4n) is 2.91. The summed E-state index contributed by atoms with van der Waals surface area (Å²) in [5.74, 6) is -0.0345. The molecule has 1 amide bonds. The molecular formula is C21H22ClN5O. The van der Waals surface area contributed by atoms with Gasteiger partial charge in [0.05, 0.1) is 22.1 Å². The highest BCUT2D eigenvalue weighted by Gasteiger charge is 2.12. The van der Waals surface area contributed by atoms with Crippen molar-refractivity contribution < 1.29 is 4.79 Å². The standard InChI is InChI=1S/C21H22ClN5O/c1-24-16-7-9-19-20(10-16)27-21(28)5-3-2-4-17(14(11-23)12-25-19)18-8-6-15(22)13-26-18/h4,6-13,23-25H,2-3,5H2,1H3,(H,27,28)/b14-12+,17-4+,23-11?. The van der Waals surface area contributed by atoms with E-state index in [2.05, 4.69) is 20.9 Å². The molecule has 0 radical (unpaired) electrons. The van der Waals surface area contributed by atoms with E-state index in [4.69, 9.17) is 17.0 Å². The number of anilines is 3. The Bertz CT molecular complexity index is 934. The van der Waals surface area contributed by atoms with Gasteiger partial charge in [-0.05, 0) is 43.2 Å². The second-order valence-corrected chi connectivity index (χ2v) is 6.76. The van der Waals surface area contributed by atoms with Crippen molar-refractivity contribution in [3.05, 3.63) is 65.1 Å². The van der Waals surface area contributed by atoms with Crippen LogP contribution < -0.4 is 16.0 Å². The highest BCUT2D eigenvalue weighted by Crippen LogP contribution is 2.28. The Balaban J connectivity index is 2.03. The molecule has 1 aromatic carbocycles. The van der Waals surface area contributed by atoms with Crippen LogP contribution in [-0.4, -0.2) is 24.2 Å². The molecule has 0 fully saturated rings. The van der Waals surface area contributed by atoms with Crippen LogP contribution >= 0.6 is 11.6 Å². The van der Waals surface area contributed by atoms with Gasteiger partial charge in [-0.15, -0.1) is 0 Å². The van der Waals surface area contributed by atoms with Crippen molar-refractivity contribution in [1.29, 1.82) is 5.41 Å². The van der Waals surface area contributed by atoms with E-state index in [0.717, 1.165) is 22.6 Å². The number of halogens is 1. The first kappa shape index (κ1) is 19.6. The number of nitrogens with zero attached hydrogens (tertiary/aromatic N) is 1. The van der Waals surface area contributed by atoms with Gasteiger partial charge in [0.25, 0.3) is 0 Å². The van der Waals surface area contributed by atoms with Crippen molar-refractivity contribution in [3.8, 4) is 0 Å². The van der Waals surface area contributed by atoms with Crippen LogP contribution in [0, 0.1) is 5.41 Å². The SMILES string of the molecule is CNc1ccc2c(c1)NC(=O)CCC/C=C(c1ccc(Cl)cn1)\C(C=N)=C\N2. The zero-order valence-electron chi connectivity index (χ0n) is 15.6. The molecule has 1 aromatic heterocycles. The van der Waals surface area contributed by atoms with Crippen molar-refractivity contribution in [3.63, 3.8) is 0 Å². The zero-order chi connectivity index (χ0) is 19.9. The quantitative estimate of drug-likeness (QED) is 0.555. The number of allylic oxidation sites excluding steroid dienone is 3. The topological polar surface area (TPSA) is 89.9 Å². The molecule has 0 bridgehead atoms. The minimum Gasteiger partial charge on any atom is -0.388 e. The van der Waals surface area contributed by atoms with Gasteiger partial charge in [0, 0.05) is 48.9 Å². The summed E-state index contributed by atoms with van der Waals surface area (Å²) in [7, 11) is 1.83. The first-order valence-electron chi connectivity index (χ1n) is 9.02. The number of amides is 1. The van der Waals surface area contributed by atoms with E-state index < -0.39 is 0 Å². The van der Waals surface area contributed by atoms with Crippen LogP contribution in [-0.2, 0) is 4.79 Å². The molecule has 1 aliphatic heterocycles. The lowest BCUT2D eigenvalue weighted by Crippen LogP contribution is -2.13. The highest BCUT2D eigenvalue weighted by atomic mass is 35.5. The van der Waals surface area contributed by atoms with Crippen molar-refractivity contribution in [2.45, 2.75) is 19.3 Å². The highest BCUT2D eigenvalue weighted by molar-refractivity contribution is 6.30. The number of carbonyl (C=O) groups is 1. The van der Waals surface area contributed by atoms with Gasteiger partial charge in [-0.25, -0.2) is 0 Å². The monoisotopic (exact) mass is 395 g/mol. The lowest BCUT2D eigenvalue weighted by Gasteiger charge is -2.15. The first-order valence-corrected chi connectivity index (χ1v) is 9.40. The fraction of sp³-hybridized carbons (Fsp3) is 0.190. The molecule has 1 aliphatic rings. The summed E-state index contributed by atoms with van der Waals surface area (Å²) in [6.45, 7) is 0. The molecule has 0 atom stereocenters. The van der Waals surface area contributed by atoms with E-state index in [0.29, 0.717) is 35.5 Å². The van der Waals surface area contributed by atoms with Gasteiger partial charge in [0.1, 0.15) is 0 Å². The number of benzene rings is 1. The maximum absolute atomic E-state index is 12.3. The third-order valence-electron chi connectivity index (χ3n) is 4.39. The fourth-order valence-corrected chi connectivity index (χ4v) is 3.02. The first-order chi connectivity index (χ1) is 13.6. The lowest BCUT2D eigenvalue weighted by atomic mass is 10.0. The third-order valence-corrected chi connectivity index (χ3v) is 4.62. The third kappa shape index (κ3) is 4.78. The van der Waals surface area contributed by atoms with Gasteiger partial charge in [0.15, 0.2) is 0 Å². The molecule has 28 heavy (non-hydrogen) atoms. The average Bonchev–Trinajstić information content (AvgIpc) is 2.70. The molecule has 6 nitrogen and oxygen atoms in total. The largest absolute Gasteiger partial charge is 0.388 e. The summed E-state index contributed by atoms with van der Waals surface area (Å²) >= 11 is 5.96. The second-order valence-electron chi connectivity index (χ2n) is 6.32. The number of rotatable bonds is 3. The summed E-state index contributed by atoms with van der Waals surface area (Å²) in [4.78, 5) is 16.7. The Morgan fingerprint density at radius 1 is 1.25 bits per heavy atom. The van der Waals surface area contributed by atoms with Crippen LogP contribution in [0.2, 0.25) is 5.02 Å². The maximum Gasteiger partial charge on any atom is 0.224 e. The summed E-state index contributed by atoms with van der Waals surface area (Å²) in [6.07, 6.45) is 8.44. The summed E-state index contributed by atoms with van der Waals surface area (Å²) in [6, 6.07) is 9.28. The number of aromatic nitrogens is 1. The second kappa shape index (κ2) is 9.19. The van der Waals surface area contributed by atoms with Crippen LogP contribution in [0.4, 0.5) is 17.1 Å². The Hall–Kier alpha value is -3.12. The van der Waals surface area contributed by atoms with Gasteiger partial charge < -0.3 is 21.4 Å². The number of carbonyl (C=O) groups excluding carboxylic acids is 1. The summed E-state index contributed by atoms with van der Waals surface area (Å²) in [5, 5.41) is 17.7. The molecule has 2 aromatic rings. The molecule has 3 rings (SSSR count). The Morgan fingerprint density at radius 3 is 2.82 bits per heavy atom. The molecule has 7 heteroatoms. The van der Waals surface area contributed by atoms with E-state index in [1.54, 1.807) is 18.5 Å². The van der Waals surface area contributed by atoms with Crippen LogP contribution in [0.15, 0.2) is 54.4 Å². The Kier molecular flexibility index (Phi) is 6.45. The number of fused-ring (bicyclic) bond motifs is 1. The van der Waals surface area contributed by atoms with Crippen LogP contribution in [0.5, 0.6) is 0 Å². The van der Waals surface area contributed by atoms with Crippen LogP contribution in [0.1, 0.15) is 25.0 Å². The Morgan fingerprint density at radius 2 is 2.11 bits per heavy atom. The van der Waals surface area contributed by atoms with E-state index in [1.807, 2.05) is 37.4 Å². The van der Waals surface area contributed by atoms with Crippen LogP contribution in [0.3, 0.4) is 0 Å². The van der Waals surface area contributed by atoms with Crippen LogP contribution in [0.25, 0.3) is 5.57 Å². The van der Waals surface area contributed by atoms with E-state index in [9.17, 15) is 4.79 Å². The van der Waals surface area contributed by atoms with E-state index in [-0.39, 0.29) is 5.91 Å². The number of pyridine rings is 1. The van der Waals surface area contributed by atoms with Crippen molar-refractivity contribution in [2.24, 2.45) is 0 Å². The van der Waals surface area contributed by atoms with Crippen molar-refractivity contribution >= 4 is 46.4 Å². The lowest BCUT2D eigenvalue weighted by molar-refractivity contribution is -0.116. The summed E-state index contributed by atoms with van der Waals surface area (Å²) in [5.41, 5.74) is 4.58. The zero-order valence-corrected chi connectivity index (χ0v) is 16.3. The number of hydrogen-bond acceptors (Lipinski definition) is 5. The molecule has 0 unspecified atom stereocenters. The molecule has 2 heterocycles. The molecule has 0 saturated carbocycles. The van der Waals surface area contributed by atoms with Crippen molar-refractivity contribution in [1.82, 2.24) is 4.98 Å². The van der Waals surface area contributed by atoms with Gasteiger partial charge in [-0.1, -0.05) is 17.7 Å². The molecule has 144 valence electrons. The van der Waals surface area contributed by atoms with Gasteiger partial charge in [0.2, 0.25) is 5.91 Å². The minimum atomic E-state index is -0.0345. The molecule has 0 aliphatic carbocycles.